The first kappa shape index (κ1) is 12.9. The normalized spacial score (nSPS) is 40.0. The van der Waals surface area contributed by atoms with Crippen LogP contribution in [0, 0.1) is 30.1 Å². The van der Waals surface area contributed by atoms with Crippen LogP contribution in [-0.4, -0.2) is 5.11 Å². The van der Waals surface area contributed by atoms with Crippen LogP contribution in [0.15, 0.2) is 24.3 Å². The summed E-state index contributed by atoms with van der Waals surface area (Å²) in [5.74, 6) is 2.93. The second-order valence-corrected chi connectivity index (χ2v) is 8.05. The number of aliphatic hydroxyl groups is 1. The first-order valence-electron chi connectivity index (χ1n) is 8.36. The first-order valence-corrected chi connectivity index (χ1v) is 8.36. The second-order valence-electron chi connectivity index (χ2n) is 8.05. The number of aliphatic hydroxyl groups excluding tert-OH is 1. The molecule has 0 spiro atoms. The highest BCUT2D eigenvalue weighted by Crippen LogP contribution is 2.62. The van der Waals surface area contributed by atoms with Gasteiger partial charge in [0.05, 0.1) is 6.10 Å². The Morgan fingerprint density at radius 1 is 1.00 bits per heavy atom. The molecule has 1 N–H and O–H groups in total. The third-order valence-electron chi connectivity index (χ3n) is 6.25. The van der Waals surface area contributed by atoms with Crippen LogP contribution < -0.4 is 0 Å². The molecule has 1 atom stereocenters. The lowest BCUT2D eigenvalue weighted by Gasteiger charge is -2.57. The summed E-state index contributed by atoms with van der Waals surface area (Å²) < 4.78 is 0. The molecule has 1 aromatic carbocycles. The van der Waals surface area contributed by atoms with E-state index in [1.54, 1.807) is 0 Å². The van der Waals surface area contributed by atoms with E-state index in [-0.39, 0.29) is 6.10 Å². The van der Waals surface area contributed by atoms with Gasteiger partial charge >= 0.3 is 0 Å². The Bertz CT molecular complexity index is 452. The minimum atomic E-state index is -0.258. The third kappa shape index (κ3) is 2.20. The number of aryl methyl sites for hydroxylation is 1. The monoisotopic (exact) mass is 270 g/mol. The number of benzene rings is 1. The Balaban J connectivity index is 1.52. The summed E-state index contributed by atoms with van der Waals surface area (Å²) in [5, 5.41) is 10.7. The van der Waals surface area contributed by atoms with Crippen LogP contribution in [-0.2, 0) is 0 Å². The standard InChI is InChI=1S/C19H26O/c1-13-2-4-17(5-3-13)18(20)12-19-9-14-6-15(10-19)8-16(7-14)11-19/h2-5,14-16,18,20H,6-12H2,1H3. The van der Waals surface area contributed by atoms with Crippen LogP contribution in [0.25, 0.3) is 0 Å². The average Bonchev–Trinajstić information content (AvgIpc) is 2.37. The summed E-state index contributed by atoms with van der Waals surface area (Å²) in [6, 6.07) is 8.47. The van der Waals surface area contributed by atoms with Gasteiger partial charge in [-0.1, -0.05) is 29.8 Å². The second kappa shape index (κ2) is 4.59. The summed E-state index contributed by atoms with van der Waals surface area (Å²) in [6.07, 6.45) is 9.37. The first-order chi connectivity index (χ1) is 9.62. The zero-order valence-corrected chi connectivity index (χ0v) is 12.5. The van der Waals surface area contributed by atoms with Crippen LogP contribution in [0.5, 0.6) is 0 Å². The van der Waals surface area contributed by atoms with Gasteiger partial charge in [-0.05, 0) is 80.6 Å². The van der Waals surface area contributed by atoms with E-state index in [4.69, 9.17) is 0 Å². The number of rotatable bonds is 3. The molecule has 5 rings (SSSR count). The van der Waals surface area contributed by atoms with Crippen molar-refractivity contribution in [3.63, 3.8) is 0 Å². The highest BCUT2D eigenvalue weighted by atomic mass is 16.3. The Morgan fingerprint density at radius 3 is 2.00 bits per heavy atom. The largest absolute Gasteiger partial charge is 0.388 e. The van der Waals surface area contributed by atoms with E-state index in [1.165, 1.54) is 44.1 Å². The van der Waals surface area contributed by atoms with E-state index in [9.17, 15) is 5.11 Å². The summed E-state index contributed by atoms with van der Waals surface area (Å²) in [7, 11) is 0. The maximum Gasteiger partial charge on any atom is 0.0795 e. The molecule has 1 nitrogen and oxygen atoms in total. The van der Waals surface area contributed by atoms with Crippen LogP contribution in [0.1, 0.15) is 62.2 Å². The summed E-state index contributed by atoms with van der Waals surface area (Å²) in [5.41, 5.74) is 2.86. The SMILES string of the molecule is Cc1ccc(C(O)CC23CC4CC(CC(C4)C2)C3)cc1. The fraction of sp³-hybridized carbons (Fsp3) is 0.684. The molecule has 1 unspecified atom stereocenters. The van der Waals surface area contributed by atoms with Crippen molar-refractivity contribution in [2.75, 3.05) is 0 Å². The summed E-state index contributed by atoms with van der Waals surface area (Å²) in [6.45, 7) is 2.11. The Morgan fingerprint density at radius 2 is 1.50 bits per heavy atom. The molecule has 4 aliphatic rings. The quantitative estimate of drug-likeness (QED) is 0.848. The fourth-order valence-electron chi connectivity index (χ4n) is 5.86. The van der Waals surface area contributed by atoms with E-state index in [0.29, 0.717) is 5.41 Å². The predicted molar refractivity (Wildman–Crippen MR) is 81.4 cm³/mol. The van der Waals surface area contributed by atoms with Gasteiger partial charge in [0.2, 0.25) is 0 Å². The minimum Gasteiger partial charge on any atom is -0.388 e. The molecule has 0 aliphatic heterocycles. The minimum absolute atomic E-state index is 0.258. The van der Waals surface area contributed by atoms with Crippen molar-refractivity contribution in [3.8, 4) is 0 Å². The maximum absolute atomic E-state index is 10.7. The van der Waals surface area contributed by atoms with Crippen molar-refractivity contribution in [3.05, 3.63) is 35.4 Å². The molecule has 4 saturated carbocycles. The van der Waals surface area contributed by atoms with Crippen molar-refractivity contribution >= 4 is 0 Å². The molecule has 4 aliphatic carbocycles. The van der Waals surface area contributed by atoms with E-state index in [2.05, 4.69) is 31.2 Å². The van der Waals surface area contributed by atoms with Gasteiger partial charge < -0.3 is 5.11 Å². The van der Waals surface area contributed by atoms with Crippen LogP contribution in [0.3, 0.4) is 0 Å². The Labute approximate surface area is 122 Å². The van der Waals surface area contributed by atoms with Gasteiger partial charge in [0, 0.05) is 0 Å². The molecule has 0 saturated heterocycles. The van der Waals surface area contributed by atoms with Gasteiger partial charge in [0.1, 0.15) is 0 Å². The van der Waals surface area contributed by atoms with Gasteiger partial charge in [-0.2, -0.15) is 0 Å². The molecule has 4 fully saturated rings. The smallest absolute Gasteiger partial charge is 0.0795 e. The zero-order valence-electron chi connectivity index (χ0n) is 12.5. The maximum atomic E-state index is 10.7. The third-order valence-corrected chi connectivity index (χ3v) is 6.25. The fourth-order valence-corrected chi connectivity index (χ4v) is 5.86. The topological polar surface area (TPSA) is 20.2 Å². The molecule has 0 heterocycles. The molecule has 0 amide bonds. The van der Waals surface area contributed by atoms with Crippen molar-refractivity contribution < 1.29 is 5.11 Å². The van der Waals surface area contributed by atoms with E-state index in [1.807, 2.05) is 0 Å². The van der Waals surface area contributed by atoms with Crippen molar-refractivity contribution in [1.29, 1.82) is 0 Å². The molecule has 4 bridgehead atoms. The van der Waals surface area contributed by atoms with Crippen molar-refractivity contribution in [2.24, 2.45) is 23.2 Å². The van der Waals surface area contributed by atoms with Crippen molar-refractivity contribution in [1.82, 2.24) is 0 Å². The van der Waals surface area contributed by atoms with Crippen LogP contribution in [0.2, 0.25) is 0 Å². The molecule has 1 heteroatoms. The highest BCUT2D eigenvalue weighted by molar-refractivity contribution is 5.23. The van der Waals surface area contributed by atoms with Gasteiger partial charge in [-0.3, -0.25) is 0 Å². The number of hydrogen-bond acceptors (Lipinski definition) is 1. The highest BCUT2D eigenvalue weighted by Gasteiger charge is 2.51. The van der Waals surface area contributed by atoms with Gasteiger partial charge in [0.15, 0.2) is 0 Å². The molecule has 108 valence electrons. The summed E-state index contributed by atoms with van der Waals surface area (Å²) in [4.78, 5) is 0. The van der Waals surface area contributed by atoms with E-state index in [0.717, 1.165) is 29.7 Å². The van der Waals surface area contributed by atoms with Gasteiger partial charge in [-0.15, -0.1) is 0 Å². The van der Waals surface area contributed by atoms with Crippen LogP contribution >= 0.6 is 0 Å². The van der Waals surface area contributed by atoms with Gasteiger partial charge in [-0.25, -0.2) is 0 Å². The Hall–Kier alpha value is -0.820. The lowest BCUT2D eigenvalue weighted by atomic mass is 9.48. The average molecular weight is 270 g/mol. The Kier molecular flexibility index (Phi) is 2.96. The molecule has 0 radical (unpaired) electrons. The molecule has 1 aromatic rings. The van der Waals surface area contributed by atoms with E-state index < -0.39 is 0 Å². The molecule has 20 heavy (non-hydrogen) atoms. The zero-order chi connectivity index (χ0) is 13.7. The lowest BCUT2D eigenvalue weighted by Crippen LogP contribution is -2.46. The molecular weight excluding hydrogens is 244 g/mol. The molecular formula is C19H26O. The van der Waals surface area contributed by atoms with Gasteiger partial charge in [0.25, 0.3) is 0 Å². The van der Waals surface area contributed by atoms with Crippen molar-refractivity contribution in [2.45, 2.75) is 58.0 Å². The lowest BCUT2D eigenvalue weighted by molar-refractivity contribution is -0.0764. The van der Waals surface area contributed by atoms with Crippen LogP contribution in [0.4, 0.5) is 0 Å². The predicted octanol–water partition coefficient (Wildman–Crippen LogP) is 4.63. The number of hydrogen-bond donors (Lipinski definition) is 1. The summed E-state index contributed by atoms with van der Waals surface area (Å²) >= 11 is 0. The molecule has 0 aromatic heterocycles. The van der Waals surface area contributed by atoms with E-state index >= 15 is 0 Å².